The Morgan fingerprint density at radius 2 is 1.95 bits per heavy atom. The topological polar surface area (TPSA) is 80.9 Å². The summed E-state index contributed by atoms with van der Waals surface area (Å²) >= 11 is 1.55. The van der Waals surface area contributed by atoms with E-state index in [1.54, 1.807) is 24.2 Å². The first kappa shape index (κ1) is 16.9. The third-order valence-electron chi connectivity index (χ3n) is 2.91. The molecule has 0 saturated heterocycles. The quantitative estimate of drug-likeness (QED) is 0.593. The molecule has 1 aromatic heterocycles. The number of amides is 1. The van der Waals surface area contributed by atoms with Gasteiger partial charge >= 0.3 is 0 Å². The first-order chi connectivity index (χ1) is 9.23. The number of thioether (sulfide) groups is 1. The summed E-state index contributed by atoms with van der Waals surface area (Å²) in [5, 5.41) is 4.16. The molecule has 3 N–H and O–H groups in total. The first-order valence-electron chi connectivity index (χ1n) is 6.76. The van der Waals surface area contributed by atoms with E-state index < -0.39 is 5.54 Å². The highest BCUT2D eigenvalue weighted by atomic mass is 32.2. The van der Waals surface area contributed by atoms with Crippen molar-refractivity contribution in [3.05, 3.63) is 18.0 Å². The van der Waals surface area contributed by atoms with Crippen LogP contribution >= 0.6 is 11.8 Å². The Bertz CT molecular complexity index is 449. The van der Waals surface area contributed by atoms with E-state index in [1.807, 2.05) is 27.7 Å². The lowest BCUT2D eigenvalue weighted by Gasteiger charge is -2.31. The molecule has 0 saturated carbocycles. The predicted molar refractivity (Wildman–Crippen MR) is 82.6 cm³/mol. The molecule has 2 atom stereocenters. The number of aromatic nitrogens is 2. The van der Waals surface area contributed by atoms with E-state index in [0.29, 0.717) is 6.42 Å². The molecule has 1 aromatic rings. The molecule has 2 unspecified atom stereocenters. The number of aryl methyl sites for hydroxylation is 1. The predicted octanol–water partition coefficient (Wildman–Crippen LogP) is 1.90. The maximum atomic E-state index is 11.7. The molecule has 0 radical (unpaired) electrons. The van der Waals surface area contributed by atoms with Crippen molar-refractivity contribution in [1.29, 1.82) is 0 Å². The highest BCUT2D eigenvalue weighted by Crippen LogP contribution is 2.26. The fraction of sp³-hybridized carbons (Fsp3) is 0.643. The van der Waals surface area contributed by atoms with Crippen LogP contribution < -0.4 is 11.1 Å². The third kappa shape index (κ3) is 5.09. The van der Waals surface area contributed by atoms with Crippen LogP contribution in [0.4, 0.5) is 0 Å². The maximum absolute atomic E-state index is 11.7. The number of hydrogen-bond acceptors (Lipinski definition) is 5. The second-order valence-corrected chi connectivity index (χ2v) is 7.08. The van der Waals surface area contributed by atoms with E-state index in [9.17, 15) is 4.79 Å². The average molecular weight is 296 g/mol. The Hall–Kier alpha value is -1.14. The molecular weight excluding hydrogens is 272 g/mol. The van der Waals surface area contributed by atoms with Crippen LogP contribution in [0.2, 0.25) is 0 Å². The van der Waals surface area contributed by atoms with Gasteiger partial charge < -0.3 is 11.1 Å². The van der Waals surface area contributed by atoms with Gasteiger partial charge in [-0.2, -0.15) is 0 Å². The van der Waals surface area contributed by atoms with Gasteiger partial charge in [0.25, 0.3) is 0 Å². The van der Waals surface area contributed by atoms with Crippen molar-refractivity contribution < 1.29 is 4.79 Å². The van der Waals surface area contributed by atoms with Crippen LogP contribution in [0.15, 0.2) is 17.6 Å². The molecule has 0 aliphatic rings. The van der Waals surface area contributed by atoms with Crippen LogP contribution in [-0.4, -0.2) is 32.7 Å². The number of nitrogens with one attached hydrogen (secondary N) is 1. The monoisotopic (exact) mass is 296 g/mol. The van der Waals surface area contributed by atoms with E-state index in [-0.39, 0.29) is 17.2 Å². The zero-order valence-corrected chi connectivity index (χ0v) is 13.6. The molecule has 20 heavy (non-hydrogen) atoms. The van der Waals surface area contributed by atoms with Gasteiger partial charge in [-0.3, -0.25) is 4.79 Å². The fourth-order valence-corrected chi connectivity index (χ4v) is 3.11. The van der Waals surface area contributed by atoms with E-state index in [2.05, 4.69) is 22.2 Å². The minimum absolute atomic E-state index is 0.182. The molecule has 0 aliphatic carbocycles. The molecule has 0 aromatic carbocycles. The van der Waals surface area contributed by atoms with Gasteiger partial charge in [0.1, 0.15) is 0 Å². The Balaban J connectivity index is 2.69. The van der Waals surface area contributed by atoms with Gasteiger partial charge in [0.2, 0.25) is 5.91 Å². The van der Waals surface area contributed by atoms with Crippen LogP contribution in [0.3, 0.4) is 0 Å². The van der Waals surface area contributed by atoms with Gasteiger partial charge in [-0.05, 0) is 39.7 Å². The Kier molecular flexibility index (Phi) is 5.95. The lowest BCUT2D eigenvalue weighted by atomic mass is 9.94. The normalized spacial score (nSPS) is 15.9. The number of rotatable bonds is 7. The molecule has 0 spiro atoms. The van der Waals surface area contributed by atoms with Gasteiger partial charge in [-0.25, -0.2) is 9.97 Å². The number of carbonyl (C=O) groups is 1. The zero-order chi connectivity index (χ0) is 15.3. The molecule has 0 aliphatic heterocycles. The summed E-state index contributed by atoms with van der Waals surface area (Å²) in [6, 6.07) is 0.195. The molecule has 0 bridgehead atoms. The Labute approximate surface area is 125 Å². The minimum atomic E-state index is -0.717. The summed E-state index contributed by atoms with van der Waals surface area (Å²) in [7, 11) is 0. The summed E-state index contributed by atoms with van der Waals surface area (Å²) in [5.41, 5.74) is 5.85. The van der Waals surface area contributed by atoms with Crippen molar-refractivity contribution in [2.45, 2.75) is 63.0 Å². The van der Waals surface area contributed by atoms with Crippen molar-refractivity contribution in [2.75, 3.05) is 0 Å². The highest BCUT2D eigenvalue weighted by Gasteiger charge is 2.33. The summed E-state index contributed by atoms with van der Waals surface area (Å²) in [4.78, 5) is 20.2. The van der Waals surface area contributed by atoms with Crippen LogP contribution in [0.1, 0.15) is 39.7 Å². The number of primary amides is 1. The standard InChI is InChI=1S/C14H24N4OS/c1-9(2)18-14(5,12(15)19)6-11(4)20-13-16-7-10(3)8-17-13/h7-9,11,18H,6H2,1-5H3,(H2,15,19). The van der Waals surface area contributed by atoms with Gasteiger partial charge in [-0.1, -0.05) is 18.7 Å². The molecule has 1 rings (SSSR count). The third-order valence-corrected chi connectivity index (χ3v) is 3.90. The molecule has 0 fully saturated rings. The van der Waals surface area contributed by atoms with Crippen LogP contribution in [0.25, 0.3) is 0 Å². The number of hydrogen-bond donors (Lipinski definition) is 2. The Morgan fingerprint density at radius 3 is 2.40 bits per heavy atom. The number of nitrogens with zero attached hydrogens (tertiary/aromatic N) is 2. The second-order valence-electron chi connectivity index (χ2n) is 5.67. The van der Waals surface area contributed by atoms with Crippen molar-refractivity contribution in [3.63, 3.8) is 0 Å². The molecule has 1 heterocycles. The van der Waals surface area contributed by atoms with E-state index >= 15 is 0 Å². The number of carbonyl (C=O) groups excluding carboxylic acids is 1. The fourth-order valence-electron chi connectivity index (χ4n) is 2.11. The second kappa shape index (κ2) is 7.04. The lowest BCUT2D eigenvalue weighted by Crippen LogP contribution is -2.56. The maximum Gasteiger partial charge on any atom is 0.237 e. The summed E-state index contributed by atoms with van der Waals surface area (Å²) < 4.78 is 0. The van der Waals surface area contributed by atoms with E-state index in [4.69, 9.17) is 5.73 Å². The van der Waals surface area contributed by atoms with Crippen LogP contribution in [0, 0.1) is 6.92 Å². The van der Waals surface area contributed by atoms with Gasteiger partial charge in [0.15, 0.2) is 5.16 Å². The smallest absolute Gasteiger partial charge is 0.237 e. The lowest BCUT2D eigenvalue weighted by molar-refractivity contribution is -0.124. The minimum Gasteiger partial charge on any atom is -0.368 e. The first-order valence-corrected chi connectivity index (χ1v) is 7.64. The van der Waals surface area contributed by atoms with Crippen molar-refractivity contribution in [3.8, 4) is 0 Å². The highest BCUT2D eigenvalue weighted by molar-refractivity contribution is 7.99. The molecule has 6 heteroatoms. The van der Waals surface area contributed by atoms with Crippen molar-refractivity contribution >= 4 is 17.7 Å². The van der Waals surface area contributed by atoms with Crippen molar-refractivity contribution in [1.82, 2.24) is 15.3 Å². The Morgan fingerprint density at radius 1 is 1.40 bits per heavy atom. The van der Waals surface area contributed by atoms with E-state index in [1.165, 1.54) is 0 Å². The van der Waals surface area contributed by atoms with Gasteiger partial charge in [0, 0.05) is 23.7 Å². The van der Waals surface area contributed by atoms with Gasteiger partial charge in [-0.15, -0.1) is 0 Å². The molecule has 5 nitrogen and oxygen atoms in total. The summed E-state index contributed by atoms with van der Waals surface area (Å²) in [5.74, 6) is -0.330. The van der Waals surface area contributed by atoms with Crippen LogP contribution in [0.5, 0.6) is 0 Å². The average Bonchev–Trinajstić information content (AvgIpc) is 2.30. The molecule has 112 valence electrons. The molecule has 1 amide bonds. The van der Waals surface area contributed by atoms with Crippen molar-refractivity contribution in [2.24, 2.45) is 5.73 Å². The van der Waals surface area contributed by atoms with Gasteiger partial charge in [0.05, 0.1) is 5.54 Å². The van der Waals surface area contributed by atoms with Crippen LogP contribution in [-0.2, 0) is 4.79 Å². The summed E-state index contributed by atoms with van der Waals surface area (Å²) in [6.45, 7) is 9.86. The zero-order valence-electron chi connectivity index (χ0n) is 12.8. The number of nitrogens with two attached hydrogens (primary N) is 1. The van der Waals surface area contributed by atoms with E-state index in [0.717, 1.165) is 10.7 Å². The molecular formula is C14H24N4OS. The summed E-state index contributed by atoms with van der Waals surface area (Å²) in [6.07, 6.45) is 4.21. The largest absolute Gasteiger partial charge is 0.368 e. The SMILES string of the molecule is Cc1cnc(SC(C)CC(C)(NC(C)C)C(N)=O)nc1.